The predicted molar refractivity (Wildman–Crippen MR) is 134 cm³/mol. The Morgan fingerprint density at radius 1 is 0.944 bits per heavy atom. The van der Waals surface area contributed by atoms with E-state index in [9.17, 15) is 19.5 Å². The average Bonchev–Trinajstić information content (AvgIpc) is 3.68. The van der Waals surface area contributed by atoms with Crippen LogP contribution in [0, 0.1) is 11.8 Å². The molecule has 0 saturated heterocycles. The molecule has 0 aromatic carbocycles. The number of hydrazone groups is 1. The van der Waals surface area contributed by atoms with Crippen LogP contribution in [0.25, 0.3) is 0 Å². The fraction of sp³-hybridized carbons (Fsp3) is 0.714. The number of nitrogens with one attached hydrogen (secondary N) is 2. The van der Waals surface area contributed by atoms with Crippen LogP contribution >= 0.6 is 0 Å². The Balaban J connectivity index is 1.46. The van der Waals surface area contributed by atoms with Crippen LogP contribution in [-0.4, -0.2) is 44.3 Å². The summed E-state index contributed by atoms with van der Waals surface area (Å²) < 4.78 is 1.65. The smallest absolute Gasteiger partial charge is 0.314 e. The lowest BCUT2D eigenvalue weighted by atomic mass is 9.68. The van der Waals surface area contributed by atoms with Gasteiger partial charge in [0.05, 0.1) is 12.1 Å². The van der Waals surface area contributed by atoms with E-state index in [0.717, 1.165) is 25.7 Å². The van der Waals surface area contributed by atoms with Crippen LogP contribution < -0.4 is 15.8 Å². The number of nitrogens with zero attached hydrogens (tertiary/aromatic N) is 2. The minimum absolute atomic E-state index is 0.00317. The van der Waals surface area contributed by atoms with E-state index < -0.39 is 12.0 Å². The second-order valence-electron chi connectivity index (χ2n) is 11.3. The van der Waals surface area contributed by atoms with Crippen LogP contribution in [0.3, 0.4) is 0 Å². The third kappa shape index (κ3) is 3.83. The van der Waals surface area contributed by atoms with Crippen molar-refractivity contribution in [1.29, 1.82) is 0 Å². The molecule has 8 nitrogen and oxygen atoms in total. The zero-order chi connectivity index (χ0) is 25.7. The SMILES string of the molecule is CCC1=[NH+]N(C(C)C2CCCC2)C(=O)/C1=C1/C(=O)C(c2c(CC)[nH]n(C(C)C3CCCC3)c2=O)C1[O-]. The van der Waals surface area contributed by atoms with Crippen LogP contribution in [0.2, 0.25) is 0 Å². The standard InChI is InChI=1S/C28H39N4O4/c1-5-19-21(27(35)31(29-19)15(3)17-11-7-8-12-17)23-25(33)24(26(23)34)22-20(6-2)30-32(28(22)36)16(4)18-13-9-10-14-18/h15-18,23,25,29H,5-14H2,1-4H3/q-1/p+1/b24-22+. The topological polar surface area (TPSA) is 112 Å². The highest BCUT2D eigenvalue weighted by molar-refractivity contribution is 6.28. The molecule has 1 aliphatic heterocycles. The second-order valence-corrected chi connectivity index (χ2v) is 11.3. The van der Waals surface area contributed by atoms with Gasteiger partial charge in [-0.05, 0) is 57.8 Å². The van der Waals surface area contributed by atoms with Gasteiger partial charge in [-0.1, -0.05) is 45.6 Å². The van der Waals surface area contributed by atoms with Gasteiger partial charge in [0.2, 0.25) is 5.71 Å². The Morgan fingerprint density at radius 3 is 2.06 bits per heavy atom. The molecule has 4 unspecified atom stereocenters. The maximum absolute atomic E-state index is 13.6. The summed E-state index contributed by atoms with van der Waals surface area (Å²) in [5.74, 6) is -0.827. The highest BCUT2D eigenvalue weighted by Crippen LogP contribution is 2.41. The Morgan fingerprint density at radius 2 is 1.53 bits per heavy atom. The molecule has 1 amide bonds. The lowest BCUT2D eigenvalue weighted by Gasteiger charge is -2.43. The number of hydrogen-bond donors (Lipinski definition) is 2. The highest BCUT2D eigenvalue weighted by Gasteiger charge is 2.51. The van der Waals surface area contributed by atoms with Gasteiger partial charge in [-0.3, -0.25) is 19.5 Å². The molecule has 1 aromatic heterocycles. The summed E-state index contributed by atoms with van der Waals surface area (Å²) in [6.45, 7) is 7.94. The number of carbonyl (C=O) groups excluding carboxylic acids is 2. The fourth-order valence-electron chi connectivity index (χ4n) is 7.08. The normalized spacial score (nSPS) is 29.2. The van der Waals surface area contributed by atoms with Gasteiger partial charge in [-0.2, -0.15) is 0 Å². The van der Waals surface area contributed by atoms with E-state index in [1.807, 2.05) is 27.7 Å². The fourth-order valence-corrected chi connectivity index (χ4v) is 7.08. The lowest BCUT2D eigenvalue weighted by molar-refractivity contribution is -0.627. The van der Waals surface area contributed by atoms with Gasteiger partial charge in [0.25, 0.3) is 5.56 Å². The maximum atomic E-state index is 13.6. The quantitative estimate of drug-likeness (QED) is 0.557. The van der Waals surface area contributed by atoms with Crippen molar-refractivity contribution in [2.45, 2.75) is 116 Å². The van der Waals surface area contributed by atoms with Crippen LogP contribution in [0.4, 0.5) is 0 Å². The summed E-state index contributed by atoms with van der Waals surface area (Å²) in [5, 5.41) is 21.7. The number of Topliss-reactive ketones (excluding diaryl/α,β-unsaturated/α-hetero) is 1. The van der Waals surface area contributed by atoms with Crippen molar-refractivity contribution in [3.05, 3.63) is 32.8 Å². The molecule has 4 aliphatic rings. The summed E-state index contributed by atoms with van der Waals surface area (Å²) in [6.07, 6.45) is 8.70. The van der Waals surface area contributed by atoms with E-state index in [1.54, 1.807) is 9.69 Å². The molecule has 2 heterocycles. The third-order valence-electron chi connectivity index (χ3n) is 9.42. The summed E-state index contributed by atoms with van der Waals surface area (Å²) in [4.78, 5) is 40.5. The maximum Gasteiger partial charge on any atom is 0.314 e. The van der Waals surface area contributed by atoms with Gasteiger partial charge in [0, 0.05) is 29.2 Å². The number of aromatic nitrogens is 2. The second kappa shape index (κ2) is 9.77. The Kier molecular flexibility index (Phi) is 6.83. The van der Waals surface area contributed by atoms with E-state index in [4.69, 9.17) is 0 Å². The zero-order valence-corrected chi connectivity index (χ0v) is 22.1. The Hall–Kier alpha value is -2.48. The molecule has 8 heteroatoms. The molecule has 36 heavy (non-hydrogen) atoms. The third-order valence-corrected chi connectivity index (χ3v) is 9.42. The molecule has 2 N–H and O–H groups in total. The first-order chi connectivity index (χ1) is 17.3. The van der Waals surface area contributed by atoms with Crippen LogP contribution in [0.1, 0.15) is 109 Å². The predicted octanol–water partition coefficient (Wildman–Crippen LogP) is 1.45. The largest absolute Gasteiger partial charge is 0.848 e. The Labute approximate surface area is 212 Å². The first kappa shape index (κ1) is 25.2. The minimum atomic E-state index is -1.41. The van der Waals surface area contributed by atoms with Crippen molar-refractivity contribution in [2.24, 2.45) is 11.8 Å². The molecular formula is C28H40N4O4. The first-order valence-corrected chi connectivity index (χ1v) is 14.0. The summed E-state index contributed by atoms with van der Waals surface area (Å²) in [5.41, 5.74) is 1.67. The number of rotatable bonds is 7. The molecule has 3 fully saturated rings. The van der Waals surface area contributed by atoms with Crippen molar-refractivity contribution < 1.29 is 19.8 Å². The number of amides is 1. The van der Waals surface area contributed by atoms with Gasteiger partial charge in [-0.15, -0.1) is 10.1 Å². The van der Waals surface area contributed by atoms with Crippen molar-refractivity contribution >= 4 is 17.4 Å². The number of aromatic amines is 1. The highest BCUT2D eigenvalue weighted by atomic mass is 16.3. The molecule has 0 bridgehead atoms. The molecule has 4 atom stereocenters. The van der Waals surface area contributed by atoms with E-state index in [-0.39, 0.29) is 40.5 Å². The number of aryl methyl sites for hydroxylation is 1. The van der Waals surface area contributed by atoms with E-state index in [1.165, 1.54) is 25.7 Å². The molecule has 5 rings (SSSR count). The van der Waals surface area contributed by atoms with Gasteiger partial charge < -0.3 is 5.11 Å². The van der Waals surface area contributed by atoms with Crippen molar-refractivity contribution in [2.75, 3.05) is 0 Å². The molecule has 0 radical (unpaired) electrons. The molecule has 3 aliphatic carbocycles. The lowest BCUT2D eigenvalue weighted by Crippen LogP contribution is -2.83. The van der Waals surface area contributed by atoms with Crippen LogP contribution in [-0.2, 0) is 16.0 Å². The first-order valence-electron chi connectivity index (χ1n) is 14.0. The van der Waals surface area contributed by atoms with E-state index in [0.29, 0.717) is 41.6 Å². The number of ketones is 1. The summed E-state index contributed by atoms with van der Waals surface area (Å²) >= 11 is 0. The molecule has 1 aromatic rings. The zero-order valence-electron chi connectivity index (χ0n) is 22.1. The Bertz CT molecular complexity index is 1160. The minimum Gasteiger partial charge on any atom is -0.848 e. The van der Waals surface area contributed by atoms with Gasteiger partial charge in [-0.25, -0.2) is 4.68 Å². The van der Waals surface area contributed by atoms with Crippen molar-refractivity contribution in [3.8, 4) is 0 Å². The van der Waals surface area contributed by atoms with Crippen LogP contribution in [0.5, 0.6) is 0 Å². The van der Waals surface area contributed by atoms with Gasteiger partial charge in [0.1, 0.15) is 5.57 Å². The number of hydrazine groups is 1. The molecule has 3 saturated carbocycles. The number of hydrogen-bond acceptors (Lipinski definition) is 4. The molecule has 0 spiro atoms. The van der Waals surface area contributed by atoms with Gasteiger partial charge >= 0.3 is 5.91 Å². The monoisotopic (exact) mass is 496 g/mol. The van der Waals surface area contributed by atoms with Gasteiger partial charge in [0.15, 0.2) is 5.78 Å². The molecular weight excluding hydrogens is 456 g/mol. The number of carbonyl (C=O) groups is 2. The van der Waals surface area contributed by atoms with E-state index in [2.05, 4.69) is 10.2 Å². The van der Waals surface area contributed by atoms with Crippen LogP contribution in [0.15, 0.2) is 15.9 Å². The summed E-state index contributed by atoms with van der Waals surface area (Å²) in [7, 11) is 0. The van der Waals surface area contributed by atoms with Crippen molar-refractivity contribution in [3.63, 3.8) is 0 Å². The molecule has 196 valence electrons. The number of H-pyrrole nitrogens is 1. The van der Waals surface area contributed by atoms with Crippen molar-refractivity contribution in [1.82, 2.24) is 14.8 Å². The summed E-state index contributed by atoms with van der Waals surface area (Å²) in [6, 6.07) is -0.000186. The average molecular weight is 497 g/mol. The van der Waals surface area contributed by atoms with E-state index >= 15 is 0 Å².